The monoisotopic (exact) mass is 181 g/mol. The zero-order valence-corrected chi connectivity index (χ0v) is 8.71. The van der Waals surface area contributed by atoms with Crippen molar-refractivity contribution >= 4 is 0 Å². The van der Waals surface area contributed by atoms with Gasteiger partial charge in [-0.25, -0.2) is 0 Å². The van der Waals surface area contributed by atoms with Crippen molar-refractivity contribution in [3.63, 3.8) is 0 Å². The first-order chi connectivity index (χ1) is 6.15. The molecule has 0 aromatic carbocycles. The molecule has 13 heavy (non-hydrogen) atoms. The first kappa shape index (κ1) is 12.0. The Bertz CT molecular complexity index is 214. The van der Waals surface area contributed by atoms with Crippen LogP contribution >= 0.6 is 0 Å². The Hall–Kier alpha value is -1.02. The van der Waals surface area contributed by atoms with Crippen molar-refractivity contribution < 1.29 is 4.74 Å². The van der Waals surface area contributed by atoms with E-state index < -0.39 is 0 Å². The van der Waals surface area contributed by atoms with Gasteiger partial charge >= 0.3 is 0 Å². The lowest BCUT2D eigenvalue weighted by atomic mass is 10.1. The molecule has 0 rings (SSSR count). The Morgan fingerprint density at radius 1 is 1.62 bits per heavy atom. The van der Waals surface area contributed by atoms with Crippen LogP contribution in [0.5, 0.6) is 0 Å². The molecule has 0 amide bonds. The van der Waals surface area contributed by atoms with E-state index in [0.717, 1.165) is 17.8 Å². The first-order valence-electron chi connectivity index (χ1n) is 4.43. The Labute approximate surface area is 80.8 Å². The standard InChI is InChI=1S/C11H19NO/c1-5-7-11(13-4)10(6-2)8-9(3)12/h5-7,9H,2,8,12H2,1,3-4H3/b7-5-,11-10-. The van der Waals surface area contributed by atoms with Crippen LogP contribution in [-0.2, 0) is 4.74 Å². The Morgan fingerprint density at radius 3 is 2.54 bits per heavy atom. The minimum atomic E-state index is 0.128. The van der Waals surface area contributed by atoms with E-state index in [0.29, 0.717) is 0 Å². The molecule has 0 aliphatic carbocycles. The fourth-order valence-corrected chi connectivity index (χ4v) is 1.09. The lowest BCUT2D eigenvalue weighted by molar-refractivity contribution is 0.301. The van der Waals surface area contributed by atoms with Crippen LogP contribution in [0.1, 0.15) is 20.3 Å². The largest absolute Gasteiger partial charge is 0.496 e. The minimum absolute atomic E-state index is 0.128. The van der Waals surface area contributed by atoms with E-state index in [1.165, 1.54) is 0 Å². The molecule has 0 saturated heterocycles. The molecule has 0 fully saturated rings. The van der Waals surface area contributed by atoms with Crippen molar-refractivity contribution in [2.45, 2.75) is 26.3 Å². The van der Waals surface area contributed by atoms with Gasteiger partial charge in [-0.05, 0) is 31.9 Å². The molecule has 1 atom stereocenters. The summed E-state index contributed by atoms with van der Waals surface area (Å²) in [5.41, 5.74) is 6.75. The smallest absolute Gasteiger partial charge is 0.121 e. The van der Waals surface area contributed by atoms with Crippen LogP contribution in [0.3, 0.4) is 0 Å². The van der Waals surface area contributed by atoms with Crippen LogP contribution in [0.15, 0.2) is 36.1 Å². The fraction of sp³-hybridized carbons (Fsp3) is 0.455. The number of hydrogen-bond acceptors (Lipinski definition) is 2. The number of methoxy groups -OCH3 is 1. The predicted octanol–water partition coefficient (Wildman–Crippen LogP) is 2.39. The summed E-state index contributed by atoms with van der Waals surface area (Å²) in [6.45, 7) is 7.65. The average molecular weight is 181 g/mol. The van der Waals surface area contributed by atoms with Crippen LogP contribution in [0.25, 0.3) is 0 Å². The van der Waals surface area contributed by atoms with Gasteiger partial charge in [0, 0.05) is 6.04 Å². The summed E-state index contributed by atoms with van der Waals surface area (Å²) >= 11 is 0. The SMILES string of the molecule is C=C/C(CC(C)N)=C(\C=C/C)OC. The minimum Gasteiger partial charge on any atom is -0.496 e. The molecule has 0 aliphatic heterocycles. The highest BCUT2D eigenvalue weighted by atomic mass is 16.5. The third kappa shape index (κ3) is 4.53. The number of hydrogen-bond donors (Lipinski definition) is 1. The molecule has 0 bridgehead atoms. The van der Waals surface area contributed by atoms with Crippen LogP contribution in [0, 0.1) is 0 Å². The summed E-state index contributed by atoms with van der Waals surface area (Å²) in [5.74, 6) is 0.842. The first-order valence-corrected chi connectivity index (χ1v) is 4.43. The average Bonchev–Trinajstić information content (AvgIpc) is 2.10. The Balaban J connectivity index is 4.71. The highest BCUT2D eigenvalue weighted by molar-refractivity contribution is 5.28. The van der Waals surface area contributed by atoms with Crippen molar-refractivity contribution in [2.75, 3.05) is 7.11 Å². The van der Waals surface area contributed by atoms with Crippen LogP contribution in [0.2, 0.25) is 0 Å². The van der Waals surface area contributed by atoms with Gasteiger partial charge in [-0.1, -0.05) is 18.7 Å². The van der Waals surface area contributed by atoms with E-state index in [-0.39, 0.29) is 6.04 Å². The lowest BCUT2D eigenvalue weighted by Gasteiger charge is -2.10. The maximum atomic E-state index is 5.70. The Morgan fingerprint density at radius 2 is 2.23 bits per heavy atom. The second-order valence-electron chi connectivity index (χ2n) is 2.98. The van der Waals surface area contributed by atoms with Crippen molar-refractivity contribution in [2.24, 2.45) is 5.73 Å². The van der Waals surface area contributed by atoms with E-state index in [9.17, 15) is 0 Å². The van der Waals surface area contributed by atoms with Crippen molar-refractivity contribution in [1.82, 2.24) is 0 Å². The van der Waals surface area contributed by atoms with Gasteiger partial charge in [0.15, 0.2) is 0 Å². The normalized spacial score (nSPS) is 15.4. The lowest BCUT2D eigenvalue weighted by Crippen LogP contribution is -2.15. The molecule has 0 saturated carbocycles. The van der Waals surface area contributed by atoms with Crippen molar-refractivity contribution in [1.29, 1.82) is 0 Å². The van der Waals surface area contributed by atoms with Gasteiger partial charge in [-0.15, -0.1) is 0 Å². The molecule has 0 spiro atoms. The van der Waals surface area contributed by atoms with E-state index in [4.69, 9.17) is 10.5 Å². The number of rotatable bonds is 5. The van der Waals surface area contributed by atoms with Crippen LogP contribution in [-0.4, -0.2) is 13.2 Å². The number of ether oxygens (including phenoxy) is 1. The molecule has 1 unspecified atom stereocenters. The highest BCUT2D eigenvalue weighted by Gasteiger charge is 2.03. The third-order valence-electron chi connectivity index (χ3n) is 1.64. The van der Waals surface area contributed by atoms with Crippen molar-refractivity contribution in [3.8, 4) is 0 Å². The second kappa shape index (κ2) is 6.49. The maximum Gasteiger partial charge on any atom is 0.121 e. The van der Waals surface area contributed by atoms with Gasteiger partial charge in [0.1, 0.15) is 5.76 Å². The van der Waals surface area contributed by atoms with Gasteiger partial charge in [0.05, 0.1) is 7.11 Å². The summed E-state index contributed by atoms with van der Waals surface area (Å²) in [6.07, 6.45) is 6.43. The van der Waals surface area contributed by atoms with E-state index in [1.807, 2.05) is 26.0 Å². The summed E-state index contributed by atoms with van der Waals surface area (Å²) in [7, 11) is 1.65. The Kier molecular flexibility index (Phi) is 5.98. The topological polar surface area (TPSA) is 35.2 Å². The molecule has 0 heterocycles. The van der Waals surface area contributed by atoms with Gasteiger partial charge in [0.25, 0.3) is 0 Å². The van der Waals surface area contributed by atoms with Gasteiger partial charge < -0.3 is 10.5 Å². The van der Waals surface area contributed by atoms with Crippen molar-refractivity contribution in [3.05, 3.63) is 36.1 Å². The number of allylic oxidation sites excluding steroid dienone is 3. The molecule has 0 aliphatic rings. The quantitative estimate of drug-likeness (QED) is 0.522. The molecule has 0 aromatic rings. The molecular formula is C11H19NO. The van der Waals surface area contributed by atoms with Gasteiger partial charge in [-0.3, -0.25) is 0 Å². The number of nitrogens with two attached hydrogens (primary N) is 1. The van der Waals surface area contributed by atoms with E-state index >= 15 is 0 Å². The summed E-state index contributed by atoms with van der Waals surface area (Å²) in [5, 5.41) is 0. The maximum absolute atomic E-state index is 5.70. The molecular weight excluding hydrogens is 162 g/mol. The zero-order valence-electron chi connectivity index (χ0n) is 8.71. The molecule has 2 N–H and O–H groups in total. The fourth-order valence-electron chi connectivity index (χ4n) is 1.09. The highest BCUT2D eigenvalue weighted by Crippen LogP contribution is 2.13. The zero-order chi connectivity index (χ0) is 10.3. The second-order valence-corrected chi connectivity index (χ2v) is 2.98. The molecule has 0 radical (unpaired) electrons. The summed E-state index contributed by atoms with van der Waals surface area (Å²) in [6, 6.07) is 0.128. The summed E-state index contributed by atoms with van der Waals surface area (Å²) < 4.78 is 5.21. The van der Waals surface area contributed by atoms with Gasteiger partial charge in [-0.2, -0.15) is 0 Å². The van der Waals surface area contributed by atoms with E-state index in [2.05, 4.69) is 6.58 Å². The van der Waals surface area contributed by atoms with E-state index in [1.54, 1.807) is 13.2 Å². The summed E-state index contributed by atoms with van der Waals surface area (Å²) in [4.78, 5) is 0. The molecule has 74 valence electrons. The molecule has 2 nitrogen and oxygen atoms in total. The van der Waals surface area contributed by atoms with Gasteiger partial charge in [0.2, 0.25) is 0 Å². The third-order valence-corrected chi connectivity index (χ3v) is 1.64. The van der Waals surface area contributed by atoms with Crippen LogP contribution < -0.4 is 5.73 Å². The predicted molar refractivity (Wildman–Crippen MR) is 57.3 cm³/mol. The molecule has 0 aromatic heterocycles. The molecule has 2 heteroatoms. The van der Waals surface area contributed by atoms with Crippen LogP contribution in [0.4, 0.5) is 0 Å².